The van der Waals surface area contributed by atoms with Crippen molar-refractivity contribution >= 4 is 15.8 Å². The minimum Gasteiger partial charge on any atom is -0.382 e. The van der Waals surface area contributed by atoms with Gasteiger partial charge in [0.25, 0.3) is 5.69 Å². The molecule has 0 saturated carbocycles. The lowest BCUT2D eigenvalue weighted by atomic mass is 10.3. The Balaban J connectivity index is 2.72. The van der Waals surface area contributed by atoms with Crippen LogP contribution in [0.2, 0.25) is 0 Å². The van der Waals surface area contributed by atoms with Gasteiger partial charge in [-0.15, -0.1) is 0 Å². The average molecular weight is 259 g/mol. The monoisotopic (exact) mass is 259 g/mol. The van der Waals surface area contributed by atoms with Gasteiger partial charge in [0.15, 0.2) is 0 Å². The summed E-state index contributed by atoms with van der Waals surface area (Å²) in [5, 5.41) is 10.4. The van der Waals surface area contributed by atoms with Gasteiger partial charge in [0.05, 0.1) is 10.7 Å². The van der Waals surface area contributed by atoms with Gasteiger partial charge in [-0.05, 0) is 18.6 Å². The molecule has 0 N–H and O–H groups in total. The quantitative estimate of drug-likeness (QED) is 0.443. The highest BCUT2D eigenvalue weighted by molar-refractivity contribution is 7.87. The molecule has 0 heterocycles. The molecule has 1 aromatic carbocycles. The molecule has 0 unspecified atom stereocenters. The Morgan fingerprint density at radius 3 is 2.35 bits per heavy atom. The Kier molecular flexibility index (Phi) is 4.45. The van der Waals surface area contributed by atoms with E-state index in [0.29, 0.717) is 6.42 Å². The van der Waals surface area contributed by atoms with Crippen molar-refractivity contribution in [2.24, 2.45) is 0 Å². The molecular weight excluding hydrogens is 246 g/mol. The maximum Gasteiger partial charge on any atom is 0.309 e. The van der Waals surface area contributed by atoms with E-state index in [0.717, 1.165) is 6.42 Å². The summed E-state index contributed by atoms with van der Waals surface area (Å²) in [5.41, 5.74) is -0.108. The zero-order valence-corrected chi connectivity index (χ0v) is 10.1. The number of unbranched alkanes of at least 4 members (excludes halogenated alkanes) is 1. The minimum absolute atomic E-state index is 0.0551. The number of hydrogen-bond donors (Lipinski definition) is 0. The van der Waals surface area contributed by atoms with Crippen molar-refractivity contribution in [3.8, 4) is 5.75 Å². The summed E-state index contributed by atoms with van der Waals surface area (Å²) >= 11 is 0. The molecule has 0 spiro atoms. The zero-order valence-electron chi connectivity index (χ0n) is 9.33. The zero-order chi connectivity index (χ0) is 12.9. The highest BCUT2D eigenvalue weighted by atomic mass is 32.2. The van der Waals surface area contributed by atoms with Crippen molar-refractivity contribution in [3.05, 3.63) is 34.4 Å². The van der Waals surface area contributed by atoms with Crippen LogP contribution in [0.4, 0.5) is 5.69 Å². The summed E-state index contributed by atoms with van der Waals surface area (Å²) in [7, 11) is -3.60. The van der Waals surface area contributed by atoms with Crippen molar-refractivity contribution in [2.75, 3.05) is 5.75 Å². The van der Waals surface area contributed by atoms with Crippen molar-refractivity contribution in [3.63, 3.8) is 0 Å². The fourth-order valence-corrected chi connectivity index (χ4v) is 2.26. The molecule has 0 saturated heterocycles. The second kappa shape index (κ2) is 5.62. The maximum absolute atomic E-state index is 11.4. The fraction of sp³-hybridized carbons (Fsp3) is 0.400. The first-order valence-electron chi connectivity index (χ1n) is 5.11. The third-order valence-corrected chi connectivity index (χ3v) is 3.25. The number of nitrogens with zero attached hydrogens (tertiary/aromatic N) is 1. The summed E-state index contributed by atoms with van der Waals surface area (Å²) in [6, 6.07) is 4.93. The van der Waals surface area contributed by atoms with Crippen LogP contribution >= 0.6 is 0 Å². The topological polar surface area (TPSA) is 86.5 Å². The molecule has 1 rings (SSSR count). The van der Waals surface area contributed by atoms with Crippen LogP contribution in [0.3, 0.4) is 0 Å². The van der Waals surface area contributed by atoms with Gasteiger partial charge in [0.2, 0.25) is 0 Å². The van der Waals surface area contributed by atoms with Crippen LogP contribution in [0.15, 0.2) is 24.3 Å². The van der Waals surface area contributed by atoms with Gasteiger partial charge in [-0.2, -0.15) is 8.42 Å². The number of rotatable bonds is 6. The maximum atomic E-state index is 11.4. The Labute approximate surface area is 99.5 Å². The number of nitro benzene ring substituents is 1. The lowest BCUT2D eigenvalue weighted by molar-refractivity contribution is -0.384. The molecule has 94 valence electrons. The van der Waals surface area contributed by atoms with E-state index >= 15 is 0 Å². The normalized spacial score (nSPS) is 11.1. The van der Waals surface area contributed by atoms with Crippen molar-refractivity contribution in [2.45, 2.75) is 19.8 Å². The number of benzene rings is 1. The Morgan fingerprint density at radius 2 is 1.88 bits per heavy atom. The molecule has 0 atom stereocenters. The molecule has 0 aromatic heterocycles. The van der Waals surface area contributed by atoms with Crippen LogP contribution in [0, 0.1) is 10.1 Å². The van der Waals surface area contributed by atoms with E-state index in [-0.39, 0.29) is 17.2 Å². The lowest BCUT2D eigenvalue weighted by Crippen LogP contribution is -2.13. The summed E-state index contributed by atoms with van der Waals surface area (Å²) in [6.45, 7) is 1.88. The van der Waals surface area contributed by atoms with Crippen molar-refractivity contribution < 1.29 is 17.5 Å². The predicted molar refractivity (Wildman–Crippen MR) is 62.4 cm³/mol. The van der Waals surface area contributed by atoms with Gasteiger partial charge in [-0.25, -0.2) is 0 Å². The van der Waals surface area contributed by atoms with Crippen LogP contribution in [0.1, 0.15) is 19.8 Å². The van der Waals surface area contributed by atoms with Crippen LogP contribution in [-0.2, 0) is 10.1 Å². The number of non-ortho nitro benzene ring substituents is 1. The summed E-state index contributed by atoms with van der Waals surface area (Å²) in [4.78, 5) is 9.83. The van der Waals surface area contributed by atoms with E-state index in [1.807, 2.05) is 6.92 Å². The first-order valence-corrected chi connectivity index (χ1v) is 6.69. The second-order valence-corrected chi connectivity index (χ2v) is 5.14. The SMILES string of the molecule is CCCCS(=O)(=O)Oc1ccc([N+](=O)[O-])cc1. The van der Waals surface area contributed by atoms with Crippen LogP contribution < -0.4 is 4.18 Å². The molecule has 6 nitrogen and oxygen atoms in total. The first kappa shape index (κ1) is 13.4. The minimum atomic E-state index is -3.60. The Morgan fingerprint density at radius 1 is 1.29 bits per heavy atom. The standard InChI is InChI=1S/C10H13NO5S/c1-2-3-8-17(14,15)16-10-6-4-9(5-7-10)11(12)13/h4-7H,2-3,8H2,1H3. The van der Waals surface area contributed by atoms with Gasteiger partial charge in [0, 0.05) is 12.1 Å². The van der Waals surface area contributed by atoms with Crippen LogP contribution in [-0.4, -0.2) is 19.1 Å². The predicted octanol–water partition coefficient (Wildman–Crippen LogP) is 2.10. The molecule has 1 aromatic rings. The number of nitro groups is 1. The van der Waals surface area contributed by atoms with Crippen LogP contribution in [0.25, 0.3) is 0 Å². The fourth-order valence-electron chi connectivity index (χ4n) is 1.13. The van der Waals surface area contributed by atoms with Crippen molar-refractivity contribution in [1.29, 1.82) is 0 Å². The molecule has 0 radical (unpaired) electrons. The Bertz CT molecular complexity index is 480. The van der Waals surface area contributed by atoms with Crippen molar-refractivity contribution in [1.82, 2.24) is 0 Å². The van der Waals surface area contributed by atoms with Gasteiger partial charge in [-0.1, -0.05) is 13.3 Å². The molecule has 0 aliphatic heterocycles. The first-order chi connectivity index (χ1) is 7.94. The molecule has 0 amide bonds. The summed E-state index contributed by atoms with van der Waals surface area (Å²) < 4.78 is 27.6. The largest absolute Gasteiger partial charge is 0.382 e. The summed E-state index contributed by atoms with van der Waals surface area (Å²) in [6.07, 6.45) is 1.28. The molecule has 17 heavy (non-hydrogen) atoms. The van der Waals surface area contributed by atoms with E-state index < -0.39 is 15.0 Å². The molecule has 7 heteroatoms. The molecular formula is C10H13NO5S. The van der Waals surface area contributed by atoms with Gasteiger partial charge in [0.1, 0.15) is 5.75 Å². The second-order valence-electron chi connectivity index (χ2n) is 3.45. The van der Waals surface area contributed by atoms with Crippen LogP contribution in [0.5, 0.6) is 5.75 Å². The third kappa shape index (κ3) is 4.39. The Hall–Kier alpha value is -1.63. The van der Waals surface area contributed by atoms with E-state index in [1.54, 1.807) is 0 Å². The average Bonchev–Trinajstić information content (AvgIpc) is 2.26. The van der Waals surface area contributed by atoms with E-state index in [1.165, 1.54) is 24.3 Å². The smallest absolute Gasteiger partial charge is 0.309 e. The molecule has 0 bridgehead atoms. The molecule has 0 fully saturated rings. The number of hydrogen-bond acceptors (Lipinski definition) is 5. The van der Waals surface area contributed by atoms with E-state index in [2.05, 4.69) is 0 Å². The molecule has 0 aliphatic rings. The third-order valence-electron chi connectivity index (χ3n) is 2.02. The van der Waals surface area contributed by atoms with Gasteiger partial charge < -0.3 is 4.18 Å². The molecule has 0 aliphatic carbocycles. The summed E-state index contributed by atoms with van der Waals surface area (Å²) in [5.74, 6) is 0.0345. The van der Waals surface area contributed by atoms with Gasteiger partial charge in [-0.3, -0.25) is 10.1 Å². The lowest BCUT2D eigenvalue weighted by Gasteiger charge is -2.05. The van der Waals surface area contributed by atoms with E-state index in [4.69, 9.17) is 4.18 Å². The highest BCUT2D eigenvalue weighted by Gasteiger charge is 2.13. The highest BCUT2D eigenvalue weighted by Crippen LogP contribution is 2.19. The van der Waals surface area contributed by atoms with Gasteiger partial charge >= 0.3 is 10.1 Å². The van der Waals surface area contributed by atoms with E-state index in [9.17, 15) is 18.5 Å².